The number of aliphatic carboxylic acids is 1. The van der Waals surface area contributed by atoms with Gasteiger partial charge in [-0.3, -0.25) is 9.59 Å². The first kappa shape index (κ1) is 18.5. The number of piperidine rings is 1. The van der Waals surface area contributed by atoms with Crippen LogP contribution in [0, 0.1) is 11.3 Å². The molecule has 1 aromatic carbocycles. The molecule has 2 fully saturated rings. The van der Waals surface area contributed by atoms with Gasteiger partial charge in [-0.25, -0.2) is 0 Å². The van der Waals surface area contributed by atoms with Crippen molar-refractivity contribution >= 4 is 11.9 Å². The van der Waals surface area contributed by atoms with Crippen molar-refractivity contribution in [3.8, 4) is 5.75 Å². The number of benzene rings is 1. The van der Waals surface area contributed by atoms with Crippen molar-refractivity contribution in [3.05, 3.63) is 29.8 Å². The third-order valence-corrected chi connectivity index (χ3v) is 5.38. The standard InChI is InChI=1S/C18H20F3NO4/c19-18(20,21)26-13-4-1-12(2-5-13)3-6-15(23)22-9-7-17(8-10-22)11-14(17)16(24)25/h1-2,4-5,14H,3,6-11H2,(H,24,25). The predicted molar refractivity (Wildman–Crippen MR) is 85.4 cm³/mol. The average molecular weight is 371 g/mol. The Kier molecular flexibility index (Phi) is 4.86. The molecule has 26 heavy (non-hydrogen) atoms. The van der Waals surface area contributed by atoms with Crippen LogP contribution in [0.25, 0.3) is 0 Å². The lowest BCUT2D eigenvalue weighted by atomic mass is 9.90. The van der Waals surface area contributed by atoms with Crippen LogP contribution in [0.4, 0.5) is 13.2 Å². The maximum Gasteiger partial charge on any atom is 0.573 e. The van der Waals surface area contributed by atoms with Crippen molar-refractivity contribution in [3.63, 3.8) is 0 Å². The molecule has 0 bridgehead atoms. The van der Waals surface area contributed by atoms with Crippen LogP contribution in [-0.2, 0) is 16.0 Å². The number of aryl methyl sites for hydroxylation is 1. The molecule has 1 aliphatic heterocycles. The fraction of sp³-hybridized carbons (Fsp3) is 0.556. The van der Waals surface area contributed by atoms with Gasteiger partial charge in [-0.15, -0.1) is 13.2 Å². The Hall–Kier alpha value is -2.25. The molecule has 8 heteroatoms. The van der Waals surface area contributed by atoms with E-state index in [1.807, 2.05) is 0 Å². The van der Waals surface area contributed by atoms with E-state index in [9.17, 15) is 22.8 Å². The first-order valence-electron chi connectivity index (χ1n) is 8.54. The molecule has 1 saturated heterocycles. The SMILES string of the molecule is O=C(O)C1CC12CCN(C(=O)CCc1ccc(OC(F)(F)F)cc1)CC2. The highest BCUT2D eigenvalue weighted by molar-refractivity contribution is 5.77. The van der Waals surface area contributed by atoms with E-state index in [0.29, 0.717) is 25.9 Å². The van der Waals surface area contributed by atoms with Crippen LogP contribution in [-0.4, -0.2) is 41.3 Å². The number of halogens is 3. The quantitative estimate of drug-likeness (QED) is 0.863. The number of rotatable bonds is 5. The number of hydrogen-bond donors (Lipinski definition) is 1. The zero-order chi connectivity index (χ0) is 18.9. The number of carboxylic acid groups (broad SMARTS) is 1. The van der Waals surface area contributed by atoms with Crippen LogP contribution >= 0.6 is 0 Å². The maximum absolute atomic E-state index is 12.3. The summed E-state index contributed by atoms with van der Waals surface area (Å²) in [5.41, 5.74) is 0.645. The summed E-state index contributed by atoms with van der Waals surface area (Å²) >= 11 is 0. The first-order chi connectivity index (χ1) is 12.2. The number of likely N-dealkylation sites (tertiary alicyclic amines) is 1. The molecule has 1 unspecified atom stereocenters. The predicted octanol–water partition coefficient (Wildman–Crippen LogP) is 3.23. The Morgan fingerprint density at radius 1 is 1.19 bits per heavy atom. The van der Waals surface area contributed by atoms with Crippen LogP contribution in [0.2, 0.25) is 0 Å². The Bertz CT molecular complexity index is 679. The van der Waals surface area contributed by atoms with E-state index in [0.717, 1.165) is 18.4 Å². The molecule has 1 amide bonds. The molecule has 1 atom stereocenters. The van der Waals surface area contributed by atoms with Gasteiger partial charge < -0.3 is 14.7 Å². The minimum atomic E-state index is -4.72. The number of alkyl halides is 3. The average Bonchev–Trinajstić information content (AvgIpc) is 3.27. The number of nitrogens with zero attached hydrogens (tertiary/aromatic N) is 1. The first-order valence-corrected chi connectivity index (χ1v) is 8.54. The molecular weight excluding hydrogens is 351 g/mol. The van der Waals surface area contributed by atoms with Gasteiger partial charge in [0.15, 0.2) is 0 Å². The molecule has 0 aromatic heterocycles. The van der Waals surface area contributed by atoms with Crippen LogP contribution < -0.4 is 4.74 Å². The molecule has 5 nitrogen and oxygen atoms in total. The van der Waals surface area contributed by atoms with Crippen LogP contribution in [0.15, 0.2) is 24.3 Å². The van der Waals surface area contributed by atoms with E-state index >= 15 is 0 Å². The fourth-order valence-corrected chi connectivity index (χ4v) is 3.72. The summed E-state index contributed by atoms with van der Waals surface area (Å²) in [6, 6.07) is 5.50. The third kappa shape index (κ3) is 4.28. The largest absolute Gasteiger partial charge is 0.573 e. The van der Waals surface area contributed by atoms with E-state index in [1.54, 1.807) is 4.90 Å². The van der Waals surface area contributed by atoms with Gasteiger partial charge in [0.1, 0.15) is 5.75 Å². The molecule has 1 spiro atoms. The van der Waals surface area contributed by atoms with E-state index < -0.39 is 12.3 Å². The van der Waals surface area contributed by atoms with Gasteiger partial charge in [-0.2, -0.15) is 0 Å². The fourth-order valence-electron chi connectivity index (χ4n) is 3.72. The second-order valence-corrected chi connectivity index (χ2v) is 7.03. The zero-order valence-corrected chi connectivity index (χ0v) is 14.1. The second-order valence-electron chi connectivity index (χ2n) is 7.03. The lowest BCUT2D eigenvalue weighted by Gasteiger charge is -2.32. The Balaban J connectivity index is 1.44. The summed E-state index contributed by atoms with van der Waals surface area (Å²) in [7, 11) is 0. The minimum absolute atomic E-state index is 0.0111. The van der Waals surface area contributed by atoms with Crippen LogP contribution in [0.3, 0.4) is 0 Å². The molecule has 1 aliphatic carbocycles. The molecule has 1 N–H and O–H groups in total. The minimum Gasteiger partial charge on any atom is -0.481 e. The van der Waals surface area contributed by atoms with Gasteiger partial charge in [0.05, 0.1) is 5.92 Å². The van der Waals surface area contributed by atoms with Gasteiger partial charge in [0, 0.05) is 19.5 Å². The van der Waals surface area contributed by atoms with E-state index in [1.165, 1.54) is 24.3 Å². The number of carbonyl (C=O) groups is 2. The van der Waals surface area contributed by atoms with Crippen LogP contribution in [0.1, 0.15) is 31.2 Å². The molecule has 1 aromatic rings. The summed E-state index contributed by atoms with van der Waals surface area (Å²) < 4.78 is 40.2. The van der Waals surface area contributed by atoms with Gasteiger partial charge in [-0.1, -0.05) is 12.1 Å². The Morgan fingerprint density at radius 2 is 1.81 bits per heavy atom. The zero-order valence-electron chi connectivity index (χ0n) is 14.1. The van der Waals surface area contributed by atoms with E-state index in [-0.39, 0.29) is 29.4 Å². The third-order valence-electron chi connectivity index (χ3n) is 5.38. The van der Waals surface area contributed by atoms with Gasteiger partial charge >= 0.3 is 12.3 Å². The molecular formula is C18H20F3NO4. The smallest absolute Gasteiger partial charge is 0.481 e. The second kappa shape index (κ2) is 6.81. The maximum atomic E-state index is 12.3. The Labute approximate surface area is 148 Å². The van der Waals surface area contributed by atoms with Crippen molar-refractivity contribution in [1.82, 2.24) is 4.90 Å². The summed E-state index contributed by atoms with van der Waals surface area (Å²) in [6.07, 6.45) is -1.86. The molecule has 3 rings (SSSR count). The summed E-state index contributed by atoms with van der Waals surface area (Å²) in [6.45, 7) is 1.14. The van der Waals surface area contributed by atoms with Gasteiger partial charge in [0.25, 0.3) is 0 Å². The number of amides is 1. The van der Waals surface area contributed by atoms with Gasteiger partial charge in [-0.05, 0) is 48.8 Å². The number of ether oxygens (including phenoxy) is 1. The number of carboxylic acids is 1. The lowest BCUT2D eigenvalue weighted by Crippen LogP contribution is -2.40. The van der Waals surface area contributed by atoms with Crippen LogP contribution in [0.5, 0.6) is 5.75 Å². The Morgan fingerprint density at radius 3 is 2.31 bits per heavy atom. The molecule has 142 valence electrons. The monoisotopic (exact) mass is 371 g/mol. The van der Waals surface area contributed by atoms with Crippen molar-refractivity contribution in [2.24, 2.45) is 11.3 Å². The number of hydrogen-bond acceptors (Lipinski definition) is 3. The summed E-state index contributed by atoms with van der Waals surface area (Å²) in [5, 5.41) is 9.09. The highest BCUT2D eigenvalue weighted by atomic mass is 19.4. The van der Waals surface area contributed by atoms with Crippen molar-refractivity contribution < 1.29 is 32.6 Å². The molecule has 2 aliphatic rings. The summed E-state index contributed by atoms with van der Waals surface area (Å²) in [4.78, 5) is 25.1. The molecule has 1 heterocycles. The van der Waals surface area contributed by atoms with E-state index in [2.05, 4.69) is 4.74 Å². The number of carbonyl (C=O) groups excluding carboxylic acids is 1. The normalized spacial score (nSPS) is 21.5. The lowest BCUT2D eigenvalue weighted by molar-refractivity contribution is -0.274. The highest BCUT2D eigenvalue weighted by Crippen LogP contribution is 2.59. The summed E-state index contributed by atoms with van der Waals surface area (Å²) in [5.74, 6) is -1.31. The molecule has 0 radical (unpaired) electrons. The topological polar surface area (TPSA) is 66.8 Å². The van der Waals surface area contributed by atoms with Gasteiger partial charge in [0.2, 0.25) is 5.91 Å². The van der Waals surface area contributed by atoms with Crippen molar-refractivity contribution in [1.29, 1.82) is 0 Å². The highest BCUT2D eigenvalue weighted by Gasteiger charge is 2.59. The van der Waals surface area contributed by atoms with E-state index in [4.69, 9.17) is 5.11 Å². The molecule has 1 saturated carbocycles. The van der Waals surface area contributed by atoms with Crippen molar-refractivity contribution in [2.75, 3.05) is 13.1 Å². The van der Waals surface area contributed by atoms with Crippen molar-refractivity contribution in [2.45, 2.75) is 38.5 Å².